The van der Waals surface area contributed by atoms with Crippen molar-refractivity contribution in [3.8, 4) is 11.3 Å². The Balaban J connectivity index is 1.99. The van der Waals surface area contributed by atoms with Crippen LogP contribution in [0.1, 0.15) is 36.8 Å². The summed E-state index contributed by atoms with van der Waals surface area (Å²) in [5.74, 6) is 0.441. The van der Waals surface area contributed by atoms with Crippen molar-refractivity contribution in [2.45, 2.75) is 32.8 Å². The third-order valence-electron chi connectivity index (χ3n) is 4.41. The summed E-state index contributed by atoms with van der Waals surface area (Å²) < 4.78 is 8.39. The van der Waals surface area contributed by atoms with E-state index in [1.165, 1.54) is 4.90 Å². The van der Waals surface area contributed by atoms with Gasteiger partial charge in [-0.05, 0) is 55.5 Å². The Morgan fingerprint density at radius 2 is 2.00 bits per heavy atom. The van der Waals surface area contributed by atoms with Crippen molar-refractivity contribution in [3.05, 3.63) is 33.2 Å². The Labute approximate surface area is 172 Å². The van der Waals surface area contributed by atoms with Gasteiger partial charge >= 0.3 is 6.09 Å². The van der Waals surface area contributed by atoms with Crippen molar-refractivity contribution >= 4 is 40.4 Å². The molecule has 0 aromatic carbocycles. The highest BCUT2D eigenvalue weighted by Gasteiger charge is 2.34. The van der Waals surface area contributed by atoms with Crippen LogP contribution >= 0.6 is 22.6 Å². The van der Waals surface area contributed by atoms with Gasteiger partial charge in [0.25, 0.3) is 5.91 Å². The Kier molecular flexibility index (Phi) is 5.20. The summed E-state index contributed by atoms with van der Waals surface area (Å²) in [4.78, 5) is 30.8. The summed E-state index contributed by atoms with van der Waals surface area (Å²) in [5, 5.41) is 3.04. The van der Waals surface area contributed by atoms with Crippen LogP contribution in [0.2, 0.25) is 0 Å². The molecule has 144 valence electrons. The van der Waals surface area contributed by atoms with Gasteiger partial charge in [0.2, 0.25) is 0 Å². The minimum Gasteiger partial charge on any atom is -0.443 e. The molecule has 8 heteroatoms. The van der Waals surface area contributed by atoms with Crippen molar-refractivity contribution in [3.63, 3.8) is 0 Å². The van der Waals surface area contributed by atoms with E-state index in [-0.39, 0.29) is 5.91 Å². The quantitative estimate of drug-likeness (QED) is 0.662. The maximum Gasteiger partial charge on any atom is 0.417 e. The number of hydrogen-bond acceptors (Lipinski definition) is 5. The highest BCUT2D eigenvalue weighted by atomic mass is 127. The third-order valence-corrected chi connectivity index (χ3v) is 5.27. The molecule has 0 aliphatic carbocycles. The van der Waals surface area contributed by atoms with Gasteiger partial charge in [0, 0.05) is 48.1 Å². The van der Waals surface area contributed by atoms with E-state index in [1.807, 2.05) is 30.8 Å². The van der Waals surface area contributed by atoms with Crippen LogP contribution < -0.4 is 5.32 Å². The van der Waals surface area contributed by atoms with Crippen LogP contribution in [-0.4, -0.2) is 45.6 Å². The molecule has 0 spiro atoms. The summed E-state index contributed by atoms with van der Waals surface area (Å²) in [5.41, 5.74) is 2.73. The fourth-order valence-electron chi connectivity index (χ4n) is 3.12. The molecule has 1 aliphatic heterocycles. The number of imide groups is 1. The summed E-state index contributed by atoms with van der Waals surface area (Å²) in [6.07, 6.45) is 1.79. The largest absolute Gasteiger partial charge is 0.443 e. The molecule has 3 rings (SSSR count). The Hall–Kier alpha value is -2.10. The fourth-order valence-corrected chi connectivity index (χ4v) is 3.69. The number of nitrogens with one attached hydrogen (secondary N) is 1. The van der Waals surface area contributed by atoms with Gasteiger partial charge in [0.1, 0.15) is 11.4 Å². The molecule has 0 saturated heterocycles. The van der Waals surface area contributed by atoms with Crippen LogP contribution in [0.25, 0.3) is 11.3 Å². The Morgan fingerprint density at radius 3 is 2.63 bits per heavy atom. The molecule has 2 amide bonds. The second-order valence-electron chi connectivity index (χ2n) is 7.44. The van der Waals surface area contributed by atoms with Gasteiger partial charge in [-0.2, -0.15) is 0 Å². The lowest BCUT2D eigenvalue weighted by Crippen LogP contribution is -2.44. The van der Waals surface area contributed by atoms with E-state index in [2.05, 4.69) is 32.9 Å². The molecule has 0 atom stereocenters. The van der Waals surface area contributed by atoms with E-state index in [4.69, 9.17) is 4.74 Å². The van der Waals surface area contributed by atoms with Crippen molar-refractivity contribution in [1.82, 2.24) is 14.5 Å². The number of nitrogens with zero attached hydrogens (tertiary/aromatic N) is 3. The molecule has 0 saturated carbocycles. The monoisotopic (exact) mass is 482 g/mol. The molecule has 1 N–H and O–H groups in total. The number of rotatable bonds is 2. The minimum absolute atomic E-state index is 0.313. The van der Waals surface area contributed by atoms with E-state index in [0.29, 0.717) is 18.5 Å². The molecular formula is C19H23IN4O3. The van der Waals surface area contributed by atoms with E-state index in [0.717, 1.165) is 26.3 Å². The average molecular weight is 482 g/mol. The van der Waals surface area contributed by atoms with E-state index < -0.39 is 11.7 Å². The molecular weight excluding hydrogens is 459 g/mol. The third kappa shape index (κ3) is 3.80. The van der Waals surface area contributed by atoms with Crippen LogP contribution in [0.4, 0.5) is 10.6 Å². The highest BCUT2D eigenvalue weighted by Crippen LogP contribution is 2.33. The van der Waals surface area contributed by atoms with Gasteiger partial charge in [-0.3, -0.25) is 4.79 Å². The molecule has 0 fully saturated rings. The predicted octanol–water partition coefficient (Wildman–Crippen LogP) is 3.67. The van der Waals surface area contributed by atoms with Gasteiger partial charge in [-0.25, -0.2) is 14.7 Å². The van der Waals surface area contributed by atoms with E-state index >= 15 is 0 Å². The maximum atomic E-state index is 12.9. The first-order valence-corrected chi connectivity index (χ1v) is 9.77. The molecule has 27 heavy (non-hydrogen) atoms. The van der Waals surface area contributed by atoms with Crippen molar-refractivity contribution in [1.29, 1.82) is 0 Å². The van der Waals surface area contributed by atoms with Crippen LogP contribution in [0.5, 0.6) is 0 Å². The van der Waals surface area contributed by atoms with Crippen molar-refractivity contribution in [2.75, 3.05) is 18.9 Å². The first kappa shape index (κ1) is 19.7. The summed E-state index contributed by atoms with van der Waals surface area (Å²) in [6.45, 7) is 5.68. The number of anilines is 1. The number of pyridine rings is 1. The molecule has 2 aromatic heterocycles. The minimum atomic E-state index is -0.643. The first-order chi connectivity index (χ1) is 12.6. The Bertz CT molecular complexity index is 914. The van der Waals surface area contributed by atoms with Crippen LogP contribution in [0.3, 0.4) is 0 Å². The molecule has 7 nitrogen and oxygen atoms in total. The smallest absolute Gasteiger partial charge is 0.417 e. The zero-order chi connectivity index (χ0) is 19.9. The lowest BCUT2D eigenvalue weighted by atomic mass is 10.1. The number of ether oxygens (including phenoxy) is 1. The summed E-state index contributed by atoms with van der Waals surface area (Å²) in [7, 11) is 3.76. The number of fused-ring (bicyclic) bond motifs is 1. The first-order valence-electron chi connectivity index (χ1n) is 8.69. The lowest BCUT2D eigenvalue weighted by Gasteiger charge is -2.28. The zero-order valence-electron chi connectivity index (χ0n) is 16.1. The second-order valence-corrected chi connectivity index (χ2v) is 8.60. The fraction of sp³-hybridized carbons (Fsp3) is 0.421. The molecule has 3 heterocycles. The number of aromatic nitrogens is 2. The zero-order valence-corrected chi connectivity index (χ0v) is 18.2. The van der Waals surface area contributed by atoms with Crippen LogP contribution in [-0.2, 0) is 18.2 Å². The van der Waals surface area contributed by atoms with Gasteiger partial charge in [0.15, 0.2) is 0 Å². The highest BCUT2D eigenvalue weighted by molar-refractivity contribution is 14.1. The second kappa shape index (κ2) is 7.14. The van der Waals surface area contributed by atoms with Gasteiger partial charge in [-0.15, -0.1) is 0 Å². The van der Waals surface area contributed by atoms with Gasteiger partial charge in [-0.1, -0.05) is 0 Å². The molecule has 0 radical (unpaired) electrons. The normalized spacial score (nSPS) is 14.1. The van der Waals surface area contributed by atoms with E-state index in [9.17, 15) is 9.59 Å². The SMILES string of the molecule is CNc1cc(-c2cc3c(n2C)CCN(C(=O)OC(C)(C)C)C3=O)c(I)cn1. The van der Waals surface area contributed by atoms with Crippen LogP contribution in [0, 0.1) is 3.57 Å². The maximum absolute atomic E-state index is 12.9. The Morgan fingerprint density at radius 1 is 1.30 bits per heavy atom. The summed E-state index contributed by atoms with van der Waals surface area (Å²) in [6, 6.07) is 3.81. The predicted molar refractivity (Wildman–Crippen MR) is 112 cm³/mol. The number of hydrogen-bond donors (Lipinski definition) is 1. The van der Waals surface area contributed by atoms with Crippen molar-refractivity contribution in [2.24, 2.45) is 7.05 Å². The van der Waals surface area contributed by atoms with Crippen LogP contribution in [0.15, 0.2) is 18.3 Å². The number of carbonyl (C=O) groups is 2. The average Bonchev–Trinajstić information content (AvgIpc) is 2.92. The molecule has 2 aromatic rings. The molecule has 0 unspecified atom stereocenters. The van der Waals surface area contributed by atoms with E-state index in [1.54, 1.807) is 27.0 Å². The van der Waals surface area contributed by atoms with Gasteiger partial charge in [0.05, 0.1) is 11.3 Å². The number of halogens is 1. The molecule has 1 aliphatic rings. The number of amides is 2. The summed E-state index contributed by atoms with van der Waals surface area (Å²) >= 11 is 2.24. The number of carbonyl (C=O) groups excluding carboxylic acids is 2. The topological polar surface area (TPSA) is 76.5 Å². The lowest BCUT2D eigenvalue weighted by molar-refractivity contribution is 0.0232. The van der Waals surface area contributed by atoms with Gasteiger partial charge < -0.3 is 14.6 Å². The molecule has 0 bridgehead atoms. The van der Waals surface area contributed by atoms with Crippen molar-refractivity contribution < 1.29 is 14.3 Å². The standard InChI is InChI=1S/C19H23IN4O3/c1-19(2,3)27-18(26)24-7-6-14-12(17(24)25)8-15(23(14)5)11-9-16(21-4)22-10-13(11)20/h8-10H,6-7H2,1-5H3,(H,21,22).